The molecule has 1 aliphatic rings. The van der Waals surface area contributed by atoms with Crippen LogP contribution in [-0.4, -0.2) is 23.0 Å². The van der Waals surface area contributed by atoms with Crippen LogP contribution >= 0.6 is 11.8 Å². The highest BCUT2D eigenvalue weighted by molar-refractivity contribution is 8.13. The van der Waals surface area contributed by atoms with E-state index in [-0.39, 0.29) is 5.54 Å². The standard InChI is InChI=1S/C12H23NOS/c1-11(2,3)7-9-15-10(14)12(4)6-5-8-13-12/h13H,5-9H2,1-4H3. The van der Waals surface area contributed by atoms with Crippen LogP contribution in [0.25, 0.3) is 0 Å². The van der Waals surface area contributed by atoms with E-state index in [1.54, 1.807) is 0 Å². The van der Waals surface area contributed by atoms with Crippen molar-refractivity contribution in [3.05, 3.63) is 0 Å². The van der Waals surface area contributed by atoms with Gasteiger partial charge in [-0.15, -0.1) is 0 Å². The minimum atomic E-state index is -0.247. The molecule has 1 unspecified atom stereocenters. The van der Waals surface area contributed by atoms with E-state index in [4.69, 9.17) is 0 Å². The lowest BCUT2D eigenvalue weighted by Gasteiger charge is -2.23. The maximum atomic E-state index is 12.0. The van der Waals surface area contributed by atoms with Crippen LogP contribution in [0.3, 0.4) is 0 Å². The Balaban J connectivity index is 2.30. The van der Waals surface area contributed by atoms with Gasteiger partial charge in [-0.05, 0) is 38.1 Å². The third-order valence-electron chi connectivity index (χ3n) is 2.90. The van der Waals surface area contributed by atoms with Gasteiger partial charge in [0.05, 0.1) is 5.54 Å². The highest BCUT2D eigenvalue weighted by Crippen LogP contribution is 2.28. The summed E-state index contributed by atoms with van der Waals surface area (Å²) in [6, 6.07) is 0. The number of hydrogen-bond acceptors (Lipinski definition) is 3. The maximum Gasteiger partial charge on any atom is 0.208 e. The topological polar surface area (TPSA) is 29.1 Å². The van der Waals surface area contributed by atoms with Gasteiger partial charge in [0, 0.05) is 5.75 Å². The molecule has 15 heavy (non-hydrogen) atoms. The molecule has 1 aliphatic heterocycles. The van der Waals surface area contributed by atoms with Crippen LogP contribution < -0.4 is 5.32 Å². The quantitative estimate of drug-likeness (QED) is 0.807. The first kappa shape index (κ1) is 13.0. The van der Waals surface area contributed by atoms with Crippen LogP contribution in [0.5, 0.6) is 0 Å². The second kappa shape index (κ2) is 4.88. The van der Waals surface area contributed by atoms with Gasteiger partial charge < -0.3 is 5.32 Å². The third-order valence-corrected chi connectivity index (χ3v) is 4.03. The van der Waals surface area contributed by atoms with Crippen molar-refractivity contribution in [3.63, 3.8) is 0 Å². The van der Waals surface area contributed by atoms with E-state index in [1.165, 1.54) is 11.8 Å². The number of carbonyl (C=O) groups is 1. The van der Waals surface area contributed by atoms with Crippen LogP contribution in [0, 0.1) is 5.41 Å². The summed E-state index contributed by atoms with van der Waals surface area (Å²) in [6.45, 7) is 9.67. The zero-order valence-corrected chi connectivity index (χ0v) is 11.2. The highest BCUT2D eigenvalue weighted by Gasteiger charge is 2.35. The number of nitrogens with one attached hydrogen (secondary N) is 1. The first-order chi connectivity index (χ1) is 6.83. The molecule has 1 saturated heterocycles. The highest BCUT2D eigenvalue weighted by atomic mass is 32.2. The van der Waals surface area contributed by atoms with E-state index in [9.17, 15) is 4.79 Å². The molecule has 0 aliphatic carbocycles. The number of rotatable bonds is 3. The molecule has 2 nitrogen and oxygen atoms in total. The van der Waals surface area contributed by atoms with Crippen molar-refractivity contribution in [3.8, 4) is 0 Å². The summed E-state index contributed by atoms with van der Waals surface area (Å²) in [5, 5.41) is 3.63. The van der Waals surface area contributed by atoms with Crippen molar-refractivity contribution in [2.24, 2.45) is 5.41 Å². The molecule has 0 spiro atoms. The molecule has 0 saturated carbocycles. The predicted molar refractivity (Wildman–Crippen MR) is 67.2 cm³/mol. The molecule has 0 radical (unpaired) electrons. The third kappa shape index (κ3) is 4.15. The summed E-state index contributed by atoms with van der Waals surface area (Å²) >= 11 is 1.50. The van der Waals surface area contributed by atoms with Gasteiger partial charge in [-0.1, -0.05) is 32.5 Å². The molecule has 1 heterocycles. The summed E-state index contributed by atoms with van der Waals surface area (Å²) in [5.74, 6) is 0.944. The van der Waals surface area contributed by atoms with E-state index < -0.39 is 0 Å². The Morgan fingerprint density at radius 1 is 1.47 bits per heavy atom. The monoisotopic (exact) mass is 229 g/mol. The fourth-order valence-electron chi connectivity index (χ4n) is 1.68. The zero-order valence-electron chi connectivity index (χ0n) is 10.4. The molecule has 0 aromatic rings. The lowest BCUT2D eigenvalue weighted by atomic mass is 9.94. The van der Waals surface area contributed by atoms with E-state index in [0.29, 0.717) is 10.5 Å². The molecule has 0 aromatic carbocycles. The second-order valence-corrected chi connectivity index (χ2v) is 6.88. The summed E-state index contributed by atoms with van der Waals surface area (Å²) in [6.07, 6.45) is 3.22. The van der Waals surface area contributed by atoms with Gasteiger partial charge in [0.1, 0.15) is 0 Å². The number of carbonyl (C=O) groups excluding carboxylic acids is 1. The lowest BCUT2D eigenvalue weighted by molar-refractivity contribution is -0.115. The summed E-state index contributed by atoms with van der Waals surface area (Å²) < 4.78 is 0. The van der Waals surface area contributed by atoms with Gasteiger partial charge in [-0.3, -0.25) is 4.79 Å². The fourth-order valence-corrected chi connectivity index (χ4v) is 3.07. The molecule has 0 aromatic heterocycles. The Bertz CT molecular complexity index is 226. The predicted octanol–water partition coefficient (Wildman–Crippen LogP) is 2.82. The van der Waals surface area contributed by atoms with Gasteiger partial charge in [0.25, 0.3) is 0 Å². The summed E-state index contributed by atoms with van der Waals surface area (Å²) in [5.41, 5.74) is 0.0832. The van der Waals surface area contributed by atoms with E-state index >= 15 is 0 Å². The zero-order chi connectivity index (χ0) is 11.5. The van der Waals surface area contributed by atoms with Crippen molar-refractivity contribution in [2.75, 3.05) is 12.3 Å². The van der Waals surface area contributed by atoms with Crippen LogP contribution in [0.1, 0.15) is 47.0 Å². The van der Waals surface area contributed by atoms with Crippen molar-refractivity contribution in [1.29, 1.82) is 0 Å². The first-order valence-corrected chi connectivity index (χ1v) is 6.74. The van der Waals surface area contributed by atoms with Gasteiger partial charge in [-0.25, -0.2) is 0 Å². The van der Waals surface area contributed by atoms with E-state index in [0.717, 1.165) is 31.6 Å². The minimum Gasteiger partial charge on any atom is -0.304 e. The molecule has 1 atom stereocenters. The van der Waals surface area contributed by atoms with Crippen molar-refractivity contribution in [1.82, 2.24) is 5.32 Å². The first-order valence-electron chi connectivity index (χ1n) is 5.76. The second-order valence-electron chi connectivity index (χ2n) is 5.81. The van der Waals surface area contributed by atoms with Crippen molar-refractivity contribution < 1.29 is 4.79 Å². The molecule has 1 N–H and O–H groups in total. The SMILES string of the molecule is CC(C)(C)CCSC(=O)C1(C)CCCN1. The van der Waals surface area contributed by atoms with E-state index in [2.05, 4.69) is 26.1 Å². The molecular weight excluding hydrogens is 206 g/mol. The van der Waals surface area contributed by atoms with Gasteiger partial charge in [0.15, 0.2) is 0 Å². The van der Waals surface area contributed by atoms with Crippen LogP contribution in [-0.2, 0) is 4.79 Å². The molecule has 0 amide bonds. The number of thioether (sulfide) groups is 1. The van der Waals surface area contributed by atoms with Crippen LogP contribution in [0.2, 0.25) is 0 Å². The largest absolute Gasteiger partial charge is 0.304 e. The minimum absolute atomic E-state index is 0.247. The average molecular weight is 229 g/mol. The Labute approximate surface area is 97.6 Å². The Morgan fingerprint density at radius 3 is 2.60 bits per heavy atom. The van der Waals surface area contributed by atoms with Gasteiger partial charge in [0.2, 0.25) is 5.12 Å². The normalized spacial score (nSPS) is 26.9. The Hall–Kier alpha value is -0.0200. The van der Waals surface area contributed by atoms with E-state index in [1.807, 2.05) is 6.92 Å². The summed E-state index contributed by atoms with van der Waals surface area (Å²) in [7, 11) is 0. The molecule has 3 heteroatoms. The van der Waals surface area contributed by atoms with Gasteiger partial charge >= 0.3 is 0 Å². The smallest absolute Gasteiger partial charge is 0.208 e. The fraction of sp³-hybridized carbons (Fsp3) is 0.917. The molecule has 1 rings (SSSR count). The van der Waals surface area contributed by atoms with Crippen molar-refractivity contribution >= 4 is 16.9 Å². The lowest BCUT2D eigenvalue weighted by Crippen LogP contribution is -2.43. The average Bonchev–Trinajstić information content (AvgIpc) is 2.51. The Morgan fingerprint density at radius 2 is 2.13 bits per heavy atom. The molecule has 1 fully saturated rings. The maximum absolute atomic E-state index is 12.0. The molecule has 0 bridgehead atoms. The van der Waals surface area contributed by atoms with Crippen LogP contribution in [0.15, 0.2) is 0 Å². The molecular formula is C12H23NOS. The summed E-state index contributed by atoms with van der Waals surface area (Å²) in [4.78, 5) is 12.0. The molecule has 88 valence electrons. The van der Waals surface area contributed by atoms with Gasteiger partial charge in [-0.2, -0.15) is 0 Å². The van der Waals surface area contributed by atoms with Crippen molar-refractivity contribution in [2.45, 2.75) is 52.5 Å². The van der Waals surface area contributed by atoms with Crippen LogP contribution in [0.4, 0.5) is 0 Å². The number of hydrogen-bond donors (Lipinski definition) is 1. The Kier molecular flexibility index (Phi) is 4.24.